The van der Waals surface area contributed by atoms with Crippen molar-refractivity contribution in [3.05, 3.63) is 53.4 Å². The fraction of sp³-hybridized carbons (Fsp3) is 0.409. The normalized spacial score (nSPS) is 21.6. The van der Waals surface area contributed by atoms with Gasteiger partial charge in [-0.25, -0.2) is 13.2 Å². The van der Waals surface area contributed by atoms with Crippen molar-refractivity contribution < 1.29 is 30.4 Å². The van der Waals surface area contributed by atoms with Gasteiger partial charge in [0.25, 0.3) is 5.50 Å². The predicted molar refractivity (Wildman–Crippen MR) is 117 cm³/mol. The van der Waals surface area contributed by atoms with Gasteiger partial charge in [-0.2, -0.15) is 8.42 Å². The largest absolute Gasteiger partial charge is 0.396 e. The van der Waals surface area contributed by atoms with Crippen molar-refractivity contribution in [1.29, 1.82) is 0 Å². The van der Waals surface area contributed by atoms with Crippen LogP contribution in [0.4, 0.5) is 13.2 Å². The highest BCUT2D eigenvalue weighted by Gasteiger charge is 2.42. The lowest BCUT2D eigenvalue weighted by atomic mass is 9.97. The zero-order valence-corrected chi connectivity index (χ0v) is 19.0. The molecule has 176 valence electrons. The highest BCUT2D eigenvalue weighted by atomic mass is 32.2. The predicted octanol–water partition coefficient (Wildman–Crippen LogP) is 3.54. The number of sulfonamides is 1. The average molecular weight is 482 g/mol. The molecule has 3 atom stereocenters. The Balaban J connectivity index is 1.53. The molecule has 11 heteroatoms. The van der Waals surface area contributed by atoms with Crippen molar-refractivity contribution in [1.82, 2.24) is 9.88 Å². The third-order valence-corrected chi connectivity index (χ3v) is 7.69. The summed E-state index contributed by atoms with van der Waals surface area (Å²) in [6.45, 7) is 7.03. The van der Waals surface area contributed by atoms with Crippen molar-refractivity contribution in [2.24, 2.45) is 5.16 Å². The number of alkyl halides is 1. The van der Waals surface area contributed by atoms with E-state index in [0.717, 1.165) is 16.5 Å². The number of benzene rings is 1. The van der Waals surface area contributed by atoms with Crippen LogP contribution in [0.15, 0.2) is 35.6 Å². The van der Waals surface area contributed by atoms with Crippen LogP contribution in [0.5, 0.6) is 0 Å². The number of pyridine rings is 1. The molecule has 7 nitrogen and oxygen atoms in total. The molecule has 33 heavy (non-hydrogen) atoms. The fourth-order valence-corrected chi connectivity index (χ4v) is 5.06. The minimum atomic E-state index is -4.13. The number of oxime groups is 1. The third-order valence-electron chi connectivity index (χ3n) is 5.92. The van der Waals surface area contributed by atoms with Gasteiger partial charge in [0.1, 0.15) is 24.2 Å². The first kappa shape index (κ1) is 23.2. The first-order valence-electron chi connectivity index (χ1n) is 10.5. The van der Waals surface area contributed by atoms with E-state index in [1.807, 2.05) is 4.90 Å². The second kappa shape index (κ2) is 8.77. The Hall–Kier alpha value is -2.95. The molecule has 0 aliphatic carbocycles. The zero-order chi connectivity index (χ0) is 23.9. The van der Waals surface area contributed by atoms with Crippen molar-refractivity contribution in [3.63, 3.8) is 0 Å². The Morgan fingerprint density at radius 3 is 2.67 bits per heavy atom. The van der Waals surface area contributed by atoms with Crippen LogP contribution in [0, 0.1) is 18.6 Å². The van der Waals surface area contributed by atoms with E-state index in [-0.39, 0.29) is 18.5 Å². The summed E-state index contributed by atoms with van der Waals surface area (Å²) in [5.74, 6) is -0.850. The van der Waals surface area contributed by atoms with Crippen LogP contribution in [0.2, 0.25) is 0 Å². The lowest BCUT2D eigenvalue weighted by Gasteiger charge is -2.17. The highest BCUT2D eigenvalue weighted by Crippen LogP contribution is 2.37. The molecule has 0 bridgehead atoms. The Kier molecular flexibility index (Phi) is 6.17. The van der Waals surface area contributed by atoms with Crippen LogP contribution >= 0.6 is 0 Å². The number of rotatable bonds is 5. The van der Waals surface area contributed by atoms with Gasteiger partial charge >= 0.3 is 10.0 Å². The second-order valence-corrected chi connectivity index (χ2v) is 10.4. The molecule has 1 unspecified atom stereocenters. The summed E-state index contributed by atoms with van der Waals surface area (Å²) in [5.41, 5.74) is -0.854. The lowest BCUT2D eigenvalue weighted by molar-refractivity contribution is -0.402. The summed E-state index contributed by atoms with van der Waals surface area (Å²) >= 11 is 0. The Morgan fingerprint density at radius 2 is 2.00 bits per heavy atom. The van der Waals surface area contributed by atoms with Gasteiger partial charge in [-0.1, -0.05) is 11.2 Å². The van der Waals surface area contributed by atoms with Gasteiger partial charge in [0.2, 0.25) is 0 Å². The number of hydrogen-bond donors (Lipinski definition) is 0. The first-order valence-corrected chi connectivity index (χ1v) is 12.0. The molecule has 0 radical (unpaired) electrons. The third kappa shape index (κ3) is 4.33. The van der Waals surface area contributed by atoms with Crippen LogP contribution in [0.25, 0.3) is 11.1 Å². The number of halogens is 3. The molecule has 1 aromatic carbocycles. The van der Waals surface area contributed by atoms with Gasteiger partial charge in [0.15, 0.2) is 12.1 Å². The Bertz CT molecular complexity index is 1210. The van der Waals surface area contributed by atoms with Crippen molar-refractivity contribution in [2.75, 3.05) is 13.1 Å². The maximum absolute atomic E-state index is 14.5. The number of aryl methyl sites for hydroxylation is 1. The van der Waals surface area contributed by atoms with Crippen LogP contribution in [0.3, 0.4) is 0 Å². The van der Waals surface area contributed by atoms with Gasteiger partial charge in [0, 0.05) is 24.7 Å². The van der Waals surface area contributed by atoms with Crippen LogP contribution < -0.4 is 0 Å². The summed E-state index contributed by atoms with van der Waals surface area (Å²) < 4.78 is 67.5. The topological polar surface area (TPSA) is 74.9 Å². The van der Waals surface area contributed by atoms with E-state index in [4.69, 9.17) is 4.84 Å². The summed E-state index contributed by atoms with van der Waals surface area (Å²) in [5, 5.41) is 4.12. The molecule has 3 heterocycles. The Morgan fingerprint density at radius 1 is 1.30 bits per heavy atom. The number of aromatic nitrogens is 1. The first-order chi connectivity index (χ1) is 15.6. The summed E-state index contributed by atoms with van der Waals surface area (Å²) in [6.07, 6.45) is 1.66. The SMILES string of the molecule is C=[N+]([C@H]1CCN(C2=NO[C@H](c3ncc(C)cc3-c3c(F)cccc3F)C2)C1)S(=O)(=O)C(C)F. The van der Waals surface area contributed by atoms with Crippen molar-refractivity contribution >= 4 is 22.6 Å². The maximum Gasteiger partial charge on any atom is 0.396 e. The van der Waals surface area contributed by atoms with Gasteiger partial charge in [-0.15, -0.1) is 3.98 Å². The van der Waals surface area contributed by atoms with E-state index in [2.05, 4.69) is 16.9 Å². The zero-order valence-electron chi connectivity index (χ0n) is 18.2. The van der Waals surface area contributed by atoms with Gasteiger partial charge in [0.05, 0.1) is 24.2 Å². The molecule has 4 rings (SSSR count). The van der Waals surface area contributed by atoms with E-state index < -0.39 is 39.3 Å². The molecule has 0 N–H and O–H groups in total. The number of nitrogens with zero attached hydrogens (tertiary/aromatic N) is 4. The minimum Gasteiger partial charge on any atom is -0.384 e. The van der Waals surface area contributed by atoms with Crippen LogP contribution in [0.1, 0.15) is 37.1 Å². The monoisotopic (exact) mass is 481 g/mol. The molecule has 1 saturated heterocycles. The standard InChI is InChI=1S/C22H24F3N4O3S/c1-13-9-16(21-17(24)5-4-6-18(21)25)22(26-11-13)19-10-20(27-32-19)29-8-7-15(12-29)28(3)33(30,31)14(2)23/h4-6,9,11,14-15,19H,3,7-8,10,12H2,1-2H3/q+1/t14?,15-,19-/m0/s1. The highest BCUT2D eigenvalue weighted by molar-refractivity contribution is 7.85. The molecule has 2 aromatic rings. The summed E-state index contributed by atoms with van der Waals surface area (Å²) in [6, 6.07) is 4.81. The van der Waals surface area contributed by atoms with E-state index in [0.29, 0.717) is 30.1 Å². The number of likely N-dealkylation sites (tertiary alicyclic amines) is 1. The van der Waals surface area contributed by atoms with Crippen molar-refractivity contribution in [3.8, 4) is 11.1 Å². The van der Waals surface area contributed by atoms with E-state index in [1.165, 1.54) is 18.2 Å². The molecule has 0 spiro atoms. The second-order valence-electron chi connectivity index (χ2n) is 8.21. The molecule has 2 aliphatic heterocycles. The Labute approximate surface area is 190 Å². The lowest BCUT2D eigenvalue weighted by Crippen LogP contribution is -2.38. The number of amidine groups is 1. The summed E-state index contributed by atoms with van der Waals surface area (Å²) in [4.78, 5) is 11.8. The average Bonchev–Trinajstić information content (AvgIpc) is 3.43. The smallest absolute Gasteiger partial charge is 0.384 e. The molecule has 0 amide bonds. The quantitative estimate of drug-likeness (QED) is 0.483. The molecule has 1 fully saturated rings. The van der Waals surface area contributed by atoms with E-state index in [1.54, 1.807) is 19.2 Å². The van der Waals surface area contributed by atoms with E-state index in [9.17, 15) is 21.6 Å². The number of hydrogen-bond acceptors (Lipinski definition) is 6. The van der Waals surface area contributed by atoms with Crippen LogP contribution in [-0.4, -0.2) is 59.5 Å². The molecular weight excluding hydrogens is 457 g/mol. The van der Waals surface area contributed by atoms with Crippen molar-refractivity contribution in [2.45, 2.75) is 44.3 Å². The van der Waals surface area contributed by atoms with Gasteiger partial charge in [-0.3, -0.25) is 4.98 Å². The fourth-order valence-electron chi connectivity index (χ4n) is 4.10. The van der Waals surface area contributed by atoms with Gasteiger partial charge < -0.3 is 9.74 Å². The molecular formula is C22H24F3N4O3S+. The van der Waals surface area contributed by atoms with Crippen LogP contribution in [-0.2, 0) is 14.9 Å². The minimum absolute atomic E-state index is 0.180. The maximum atomic E-state index is 14.5. The van der Waals surface area contributed by atoms with Gasteiger partial charge in [-0.05, 0) is 37.6 Å². The van der Waals surface area contributed by atoms with E-state index >= 15 is 0 Å². The molecule has 1 aromatic heterocycles. The summed E-state index contributed by atoms with van der Waals surface area (Å²) in [7, 11) is -4.13. The molecule has 0 saturated carbocycles. The molecule has 2 aliphatic rings.